The molecule has 136 valence electrons. The van der Waals surface area contributed by atoms with E-state index in [-0.39, 0.29) is 11.6 Å². The maximum absolute atomic E-state index is 10.8. The van der Waals surface area contributed by atoms with Crippen LogP contribution in [0.5, 0.6) is 0 Å². The Hall–Kier alpha value is -2.43. The van der Waals surface area contributed by atoms with E-state index in [4.69, 9.17) is 4.74 Å². The molecule has 0 radical (unpaired) electrons. The Morgan fingerprint density at radius 3 is 2.69 bits per heavy atom. The number of fused-ring (bicyclic) bond motifs is 1. The van der Waals surface area contributed by atoms with Gasteiger partial charge in [-0.1, -0.05) is 18.3 Å². The predicted molar refractivity (Wildman–Crippen MR) is 96.4 cm³/mol. The Labute approximate surface area is 153 Å². The summed E-state index contributed by atoms with van der Waals surface area (Å²) in [6.45, 7) is 6.39. The van der Waals surface area contributed by atoms with Crippen molar-refractivity contribution in [2.24, 2.45) is 0 Å². The number of benzene rings is 1. The summed E-state index contributed by atoms with van der Waals surface area (Å²) in [5, 5.41) is 24.7. The van der Waals surface area contributed by atoms with E-state index in [2.05, 4.69) is 27.1 Å². The molecule has 1 saturated heterocycles. The van der Waals surface area contributed by atoms with Crippen molar-refractivity contribution in [2.75, 3.05) is 32.8 Å². The van der Waals surface area contributed by atoms with Gasteiger partial charge in [-0.05, 0) is 12.1 Å². The summed E-state index contributed by atoms with van der Waals surface area (Å²) in [4.78, 5) is 13.5. The highest BCUT2D eigenvalue weighted by atomic mass is 32.1. The van der Waals surface area contributed by atoms with Gasteiger partial charge in [-0.15, -0.1) is 10.2 Å². The molecule has 0 saturated carbocycles. The average Bonchev–Trinajstić information content (AvgIpc) is 3.23. The second-order valence-corrected chi connectivity index (χ2v) is 7.23. The quantitative estimate of drug-likeness (QED) is 0.499. The zero-order valence-electron chi connectivity index (χ0n) is 14.2. The van der Waals surface area contributed by atoms with Crippen molar-refractivity contribution in [2.45, 2.75) is 12.8 Å². The zero-order chi connectivity index (χ0) is 18.1. The molecule has 2 aromatic heterocycles. The lowest BCUT2D eigenvalue weighted by Crippen LogP contribution is -2.38. The molecule has 0 N–H and O–H groups in total. The van der Waals surface area contributed by atoms with Crippen LogP contribution in [0.3, 0.4) is 0 Å². The van der Waals surface area contributed by atoms with Gasteiger partial charge in [-0.2, -0.15) is 9.61 Å². The van der Waals surface area contributed by atoms with E-state index in [0.29, 0.717) is 0 Å². The SMILES string of the molecule is CC(CN1CCOCC1)c1nnc2sc(-c3ccc([N+](=O)[O-])cc3)nn12. The van der Waals surface area contributed by atoms with Crippen LogP contribution < -0.4 is 0 Å². The first kappa shape index (κ1) is 17.0. The Balaban J connectivity index is 1.57. The lowest BCUT2D eigenvalue weighted by Gasteiger charge is -2.28. The lowest BCUT2D eigenvalue weighted by molar-refractivity contribution is -0.384. The molecule has 10 heteroatoms. The van der Waals surface area contributed by atoms with Crippen LogP contribution in [0.1, 0.15) is 18.7 Å². The summed E-state index contributed by atoms with van der Waals surface area (Å²) in [6, 6.07) is 6.39. The molecule has 1 aromatic carbocycles. The number of non-ortho nitro benzene ring substituents is 1. The van der Waals surface area contributed by atoms with Gasteiger partial charge in [0.05, 0.1) is 18.1 Å². The van der Waals surface area contributed by atoms with Crippen LogP contribution in [-0.4, -0.2) is 62.5 Å². The maximum Gasteiger partial charge on any atom is 0.269 e. The molecular weight excluding hydrogens is 356 g/mol. The second-order valence-electron chi connectivity index (χ2n) is 6.28. The molecule has 1 atom stereocenters. The van der Waals surface area contributed by atoms with Crippen LogP contribution >= 0.6 is 11.3 Å². The van der Waals surface area contributed by atoms with Crippen molar-refractivity contribution in [1.82, 2.24) is 24.7 Å². The molecular formula is C16H18N6O3S. The fraction of sp³-hybridized carbons (Fsp3) is 0.438. The summed E-state index contributed by atoms with van der Waals surface area (Å²) in [7, 11) is 0. The van der Waals surface area contributed by atoms with Gasteiger partial charge in [0.2, 0.25) is 4.96 Å². The first-order chi connectivity index (χ1) is 12.6. The molecule has 26 heavy (non-hydrogen) atoms. The van der Waals surface area contributed by atoms with Crippen molar-refractivity contribution in [3.05, 3.63) is 40.2 Å². The van der Waals surface area contributed by atoms with Crippen LogP contribution in [-0.2, 0) is 4.74 Å². The van der Waals surface area contributed by atoms with E-state index < -0.39 is 4.92 Å². The number of hydrogen-bond donors (Lipinski definition) is 0. The third kappa shape index (κ3) is 3.30. The zero-order valence-corrected chi connectivity index (χ0v) is 15.1. The normalized spacial score (nSPS) is 16.8. The van der Waals surface area contributed by atoms with Crippen molar-refractivity contribution < 1.29 is 9.66 Å². The fourth-order valence-electron chi connectivity index (χ4n) is 3.03. The number of nitro benzene ring substituents is 1. The van der Waals surface area contributed by atoms with Crippen molar-refractivity contribution in [1.29, 1.82) is 0 Å². The minimum absolute atomic E-state index is 0.0663. The van der Waals surface area contributed by atoms with Gasteiger partial charge in [0.25, 0.3) is 5.69 Å². The third-order valence-corrected chi connectivity index (χ3v) is 5.36. The number of rotatable bonds is 5. The summed E-state index contributed by atoms with van der Waals surface area (Å²) < 4.78 is 7.17. The molecule has 1 unspecified atom stereocenters. The van der Waals surface area contributed by atoms with Crippen LogP contribution in [0.4, 0.5) is 5.69 Å². The molecule has 0 amide bonds. The van der Waals surface area contributed by atoms with Gasteiger partial charge in [0.1, 0.15) is 5.01 Å². The van der Waals surface area contributed by atoms with Crippen molar-refractivity contribution in [3.63, 3.8) is 0 Å². The largest absolute Gasteiger partial charge is 0.379 e. The molecule has 1 aliphatic heterocycles. The van der Waals surface area contributed by atoms with E-state index in [1.807, 2.05) is 0 Å². The van der Waals surface area contributed by atoms with E-state index >= 15 is 0 Å². The number of aromatic nitrogens is 4. The number of hydrogen-bond acceptors (Lipinski definition) is 8. The molecule has 0 aliphatic carbocycles. The Kier molecular flexibility index (Phi) is 4.62. The molecule has 3 heterocycles. The highest BCUT2D eigenvalue weighted by molar-refractivity contribution is 7.19. The van der Waals surface area contributed by atoms with E-state index in [1.165, 1.54) is 23.5 Å². The molecule has 9 nitrogen and oxygen atoms in total. The smallest absolute Gasteiger partial charge is 0.269 e. The monoisotopic (exact) mass is 374 g/mol. The highest BCUT2D eigenvalue weighted by Crippen LogP contribution is 2.28. The third-order valence-electron chi connectivity index (χ3n) is 4.42. The maximum atomic E-state index is 10.8. The highest BCUT2D eigenvalue weighted by Gasteiger charge is 2.21. The van der Waals surface area contributed by atoms with Crippen LogP contribution in [0.2, 0.25) is 0 Å². The molecule has 0 bridgehead atoms. The van der Waals surface area contributed by atoms with Crippen LogP contribution in [0.25, 0.3) is 15.5 Å². The molecule has 4 rings (SSSR count). The van der Waals surface area contributed by atoms with Gasteiger partial charge >= 0.3 is 0 Å². The van der Waals surface area contributed by atoms with Crippen LogP contribution in [0.15, 0.2) is 24.3 Å². The van der Waals surface area contributed by atoms with Crippen molar-refractivity contribution >= 4 is 22.0 Å². The minimum Gasteiger partial charge on any atom is -0.379 e. The lowest BCUT2D eigenvalue weighted by atomic mass is 10.1. The topological polar surface area (TPSA) is 98.7 Å². The standard InChI is InChI=1S/C16H18N6O3S/c1-11(10-20-6-8-25-9-7-20)14-17-18-16-21(14)19-15(26-16)12-2-4-13(5-3-12)22(23)24/h2-5,11H,6-10H2,1H3. The van der Waals surface area contributed by atoms with Gasteiger partial charge < -0.3 is 4.74 Å². The van der Waals surface area contributed by atoms with Gasteiger partial charge in [-0.25, -0.2) is 0 Å². The van der Waals surface area contributed by atoms with Gasteiger partial charge in [-0.3, -0.25) is 15.0 Å². The molecule has 1 fully saturated rings. The average molecular weight is 374 g/mol. The first-order valence-electron chi connectivity index (χ1n) is 8.39. The summed E-state index contributed by atoms with van der Waals surface area (Å²) in [5.41, 5.74) is 0.898. The van der Waals surface area contributed by atoms with Gasteiger partial charge in [0, 0.05) is 43.2 Å². The fourth-order valence-corrected chi connectivity index (χ4v) is 3.89. The number of ether oxygens (including phenoxy) is 1. The summed E-state index contributed by atoms with van der Waals surface area (Å²) in [6.07, 6.45) is 0. The molecule has 1 aliphatic rings. The van der Waals surface area contributed by atoms with Crippen molar-refractivity contribution in [3.8, 4) is 10.6 Å². The molecule has 3 aromatic rings. The number of nitrogens with zero attached hydrogens (tertiary/aromatic N) is 6. The number of morpholine rings is 1. The van der Waals surface area contributed by atoms with E-state index in [9.17, 15) is 10.1 Å². The number of nitro groups is 1. The van der Waals surface area contributed by atoms with E-state index in [0.717, 1.165) is 54.2 Å². The Morgan fingerprint density at radius 1 is 1.27 bits per heavy atom. The first-order valence-corrected chi connectivity index (χ1v) is 9.20. The minimum atomic E-state index is -0.409. The summed E-state index contributed by atoms with van der Waals surface area (Å²) in [5.74, 6) is 1.02. The predicted octanol–water partition coefficient (Wildman–Crippen LogP) is 2.20. The molecule has 0 spiro atoms. The Bertz CT molecular complexity index is 916. The van der Waals surface area contributed by atoms with Gasteiger partial charge in [0.15, 0.2) is 5.82 Å². The van der Waals surface area contributed by atoms with E-state index in [1.54, 1.807) is 16.6 Å². The van der Waals surface area contributed by atoms with Crippen LogP contribution in [0, 0.1) is 10.1 Å². The summed E-state index contributed by atoms with van der Waals surface area (Å²) >= 11 is 1.42. The Morgan fingerprint density at radius 2 is 2.00 bits per heavy atom. The second kappa shape index (κ2) is 7.06.